The Balaban J connectivity index is 2.28. The minimum absolute atomic E-state index is 0.0800. The molecule has 0 aliphatic heterocycles. The van der Waals surface area contributed by atoms with Crippen molar-refractivity contribution in [2.24, 2.45) is 5.92 Å². The molecule has 0 bridgehead atoms. The molecule has 4 heteroatoms. The molecule has 0 radical (unpaired) electrons. The van der Waals surface area contributed by atoms with Gasteiger partial charge in [-0.1, -0.05) is 0 Å². The van der Waals surface area contributed by atoms with Crippen molar-refractivity contribution in [3.05, 3.63) is 0 Å². The summed E-state index contributed by atoms with van der Waals surface area (Å²) in [5.41, 5.74) is 0. The second-order valence-corrected chi connectivity index (χ2v) is 4.58. The van der Waals surface area contributed by atoms with Crippen LogP contribution in [-0.4, -0.2) is 34.4 Å². The van der Waals surface area contributed by atoms with E-state index in [-0.39, 0.29) is 18.1 Å². The van der Waals surface area contributed by atoms with Gasteiger partial charge in [0.25, 0.3) is 0 Å². The zero-order valence-electron chi connectivity index (χ0n) is 9.44. The SMILES string of the molecule is CC(O)C(C)NC1CCC(C(=O)O)CC1. The van der Waals surface area contributed by atoms with Gasteiger partial charge in [-0.25, -0.2) is 0 Å². The number of nitrogens with one attached hydrogen (secondary N) is 1. The Morgan fingerprint density at radius 1 is 1.27 bits per heavy atom. The number of rotatable bonds is 4. The summed E-state index contributed by atoms with van der Waals surface area (Å²) in [6, 6.07) is 0.446. The van der Waals surface area contributed by atoms with Crippen LogP contribution in [0.4, 0.5) is 0 Å². The Hall–Kier alpha value is -0.610. The molecule has 2 unspecified atom stereocenters. The molecule has 4 nitrogen and oxygen atoms in total. The van der Waals surface area contributed by atoms with Crippen LogP contribution >= 0.6 is 0 Å². The maximum atomic E-state index is 10.7. The first-order valence-electron chi connectivity index (χ1n) is 5.67. The second kappa shape index (κ2) is 5.47. The van der Waals surface area contributed by atoms with Gasteiger partial charge < -0.3 is 15.5 Å². The molecule has 1 fully saturated rings. The molecule has 1 saturated carbocycles. The molecular weight excluding hydrogens is 194 g/mol. The van der Waals surface area contributed by atoms with Gasteiger partial charge >= 0.3 is 5.97 Å². The molecule has 0 aromatic heterocycles. The van der Waals surface area contributed by atoms with E-state index in [2.05, 4.69) is 5.32 Å². The van der Waals surface area contributed by atoms with Crippen LogP contribution in [0.1, 0.15) is 39.5 Å². The smallest absolute Gasteiger partial charge is 0.306 e. The summed E-state index contributed by atoms with van der Waals surface area (Å²) in [6.07, 6.45) is 2.93. The Morgan fingerprint density at radius 2 is 1.80 bits per heavy atom. The van der Waals surface area contributed by atoms with Gasteiger partial charge in [-0.2, -0.15) is 0 Å². The summed E-state index contributed by atoms with van der Waals surface area (Å²) in [5.74, 6) is -0.832. The molecule has 0 aromatic rings. The number of carboxylic acids is 1. The average molecular weight is 215 g/mol. The van der Waals surface area contributed by atoms with E-state index in [4.69, 9.17) is 5.11 Å². The van der Waals surface area contributed by atoms with Crippen molar-refractivity contribution >= 4 is 5.97 Å². The standard InChI is InChI=1S/C11H21NO3/c1-7(8(2)13)12-10-5-3-9(4-6-10)11(14)15/h7-10,12-13H,3-6H2,1-2H3,(H,14,15). The summed E-state index contributed by atoms with van der Waals surface area (Å²) in [7, 11) is 0. The van der Waals surface area contributed by atoms with Gasteiger partial charge in [0.15, 0.2) is 0 Å². The molecule has 1 aliphatic rings. The third kappa shape index (κ3) is 3.80. The lowest BCUT2D eigenvalue weighted by molar-refractivity contribution is -0.142. The van der Waals surface area contributed by atoms with Crippen LogP contribution in [-0.2, 0) is 4.79 Å². The molecule has 0 aromatic carbocycles. The normalized spacial score (nSPS) is 30.9. The highest BCUT2D eigenvalue weighted by atomic mass is 16.4. The zero-order chi connectivity index (χ0) is 11.4. The van der Waals surface area contributed by atoms with Gasteiger partial charge in [0.05, 0.1) is 12.0 Å². The number of aliphatic carboxylic acids is 1. The summed E-state index contributed by atoms with van der Waals surface area (Å²) in [4.78, 5) is 10.7. The molecule has 3 N–H and O–H groups in total. The van der Waals surface area contributed by atoms with E-state index < -0.39 is 5.97 Å². The van der Waals surface area contributed by atoms with Crippen LogP contribution < -0.4 is 5.32 Å². The van der Waals surface area contributed by atoms with Crippen LogP contribution in [0.5, 0.6) is 0 Å². The first-order valence-corrected chi connectivity index (χ1v) is 5.67. The van der Waals surface area contributed by atoms with E-state index in [0.29, 0.717) is 6.04 Å². The molecular formula is C11H21NO3. The maximum absolute atomic E-state index is 10.7. The van der Waals surface area contributed by atoms with Crippen molar-refractivity contribution in [2.45, 2.75) is 57.7 Å². The van der Waals surface area contributed by atoms with Crippen LogP contribution in [0.3, 0.4) is 0 Å². The lowest BCUT2D eigenvalue weighted by atomic mass is 9.86. The van der Waals surface area contributed by atoms with E-state index in [9.17, 15) is 9.90 Å². The lowest BCUT2D eigenvalue weighted by Crippen LogP contribution is -2.44. The van der Waals surface area contributed by atoms with E-state index in [1.54, 1.807) is 6.92 Å². The molecule has 88 valence electrons. The highest BCUT2D eigenvalue weighted by Gasteiger charge is 2.26. The summed E-state index contributed by atoms with van der Waals surface area (Å²) < 4.78 is 0. The number of aliphatic hydroxyl groups excluding tert-OH is 1. The molecule has 0 amide bonds. The Labute approximate surface area is 90.7 Å². The lowest BCUT2D eigenvalue weighted by Gasteiger charge is -2.30. The minimum atomic E-state index is -0.669. The topological polar surface area (TPSA) is 69.6 Å². The number of hydrogen-bond donors (Lipinski definition) is 3. The van der Waals surface area contributed by atoms with Gasteiger partial charge in [-0.05, 0) is 39.5 Å². The molecule has 0 saturated heterocycles. The molecule has 2 atom stereocenters. The van der Waals surface area contributed by atoms with Crippen LogP contribution in [0.15, 0.2) is 0 Å². The first kappa shape index (κ1) is 12.5. The first-order chi connectivity index (χ1) is 7.00. The highest BCUT2D eigenvalue weighted by molar-refractivity contribution is 5.70. The predicted molar refractivity (Wildman–Crippen MR) is 57.7 cm³/mol. The van der Waals surface area contributed by atoms with Crippen LogP contribution in [0.25, 0.3) is 0 Å². The van der Waals surface area contributed by atoms with Gasteiger partial charge in [0.1, 0.15) is 0 Å². The average Bonchev–Trinajstić information content (AvgIpc) is 2.18. The third-order valence-corrected chi connectivity index (χ3v) is 3.30. The van der Waals surface area contributed by atoms with Crippen LogP contribution in [0.2, 0.25) is 0 Å². The Bertz CT molecular complexity index is 210. The highest BCUT2D eigenvalue weighted by Crippen LogP contribution is 2.24. The van der Waals surface area contributed by atoms with Crippen molar-refractivity contribution in [3.63, 3.8) is 0 Å². The largest absolute Gasteiger partial charge is 0.481 e. The van der Waals surface area contributed by atoms with E-state index in [0.717, 1.165) is 25.7 Å². The van der Waals surface area contributed by atoms with Crippen molar-refractivity contribution in [2.75, 3.05) is 0 Å². The minimum Gasteiger partial charge on any atom is -0.481 e. The van der Waals surface area contributed by atoms with E-state index >= 15 is 0 Å². The Morgan fingerprint density at radius 3 is 2.20 bits per heavy atom. The summed E-state index contributed by atoms with van der Waals surface area (Å²) in [6.45, 7) is 3.72. The van der Waals surface area contributed by atoms with Crippen LogP contribution in [0, 0.1) is 5.92 Å². The zero-order valence-corrected chi connectivity index (χ0v) is 9.44. The third-order valence-electron chi connectivity index (χ3n) is 3.30. The monoisotopic (exact) mass is 215 g/mol. The maximum Gasteiger partial charge on any atom is 0.306 e. The van der Waals surface area contributed by atoms with Gasteiger partial charge in [0, 0.05) is 12.1 Å². The number of aliphatic hydroxyl groups is 1. The quantitative estimate of drug-likeness (QED) is 0.654. The predicted octanol–water partition coefficient (Wildman–Crippen LogP) is 0.989. The fourth-order valence-corrected chi connectivity index (χ4v) is 2.02. The van der Waals surface area contributed by atoms with Crippen molar-refractivity contribution in [1.82, 2.24) is 5.32 Å². The van der Waals surface area contributed by atoms with Crippen molar-refractivity contribution in [1.29, 1.82) is 0 Å². The second-order valence-electron chi connectivity index (χ2n) is 4.58. The summed E-state index contributed by atoms with van der Waals surface area (Å²) in [5, 5.41) is 21.5. The number of carboxylic acid groups (broad SMARTS) is 1. The number of carbonyl (C=O) groups is 1. The Kier molecular flexibility index (Phi) is 4.54. The molecule has 0 heterocycles. The molecule has 1 rings (SSSR count). The van der Waals surface area contributed by atoms with Gasteiger partial charge in [-0.3, -0.25) is 4.79 Å². The van der Waals surface area contributed by atoms with E-state index in [1.165, 1.54) is 0 Å². The molecule has 1 aliphatic carbocycles. The van der Waals surface area contributed by atoms with E-state index in [1.807, 2.05) is 6.92 Å². The van der Waals surface area contributed by atoms with Gasteiger partial charge in [-0.15, -0.1) is 0 Å². The summed E-state index contributed by atoms with van der Waals surface area (Å²) >= 11 is 0. The van der Waals surface area contributed by atoms with Crippen molar-refractivity contribution in [3.8, 4) is 0 Å². The molecule has 15 heavy (non-hydrogen) atoms. The fourth-order valence-electron chi connectivity index (χ4n) is 2.02. The number of hydrogen-bond acceptors (Lipinski definition) is 3. The van der Waals surface area contributed by atoms with Gasteiger partial charge in [0.2, 0.25) is 0 Å². The fraction of sp³-hybridized carbons (Fsp3) is 0.909. The molecule has 0 spiro atoms. The van der Waals surface area contributed by atoms with Crippen molar-refractivity contribution < 1.29 is 15.0 Å².